The first-order valence-corrected chi connectivity index (χ1v) is 9.21. The van der Waals surface area contributed by atoms with Crippen LogP contribution in [0.15, 0.2) is 33.1 Å². The summed E-state index contributed by atoms with van der Waals surface area (Å²) in [5.74, 6) is 0. The van der Waals surface area contributed by atoms with Gasteiger partial charge in [0.1, 0.15) is 0 Å². The highest BCUT2D eigenvalue weighted by Gasteiger charge is 2.19. The van der Waals surface area contributed by atoms with E-state index in [9.17, 15) is 8.42 Å². The fourth-order valence-electron chi connectivity index (χ4n) is 1.89. The first kappa shape index (κ1) is 15.6. The van der Waals surface area contributed by atoms with Gasteiger partial charge in [0.2, 0.25) is 10.0 Å². The van der Waals surface area contributed by atoms with Gasteiger partial charge in [0.25, 0.3) is 0 Å². The highest BCUT2D eigenvalue weighted by Crippen LogP contribution is 2.29. The van der Waals surface area contributed by atoms with E-state index in [0.717, 1.165) is 26.3 Å². The Morgan fingerprint density at radius 3 is 2.80 bits per heavy atom. The molecule has 2 heterocycles. The second-order valence-corrected chi connectivity index (χ2v) is 8.63. The summed E-state index contributed by atoms with van der Waals surface area (Å²) in [6.45, 7) is 4.02. The quantitative estimate of drug-likeness (QED) is 0.873. The number of aromatic nitrogens is 1. The molecule has 0 radical (unpaired) electrons. The maximum Gasteiger partial charge on any atom is 0.242 e. The molecule has 1 N–H and O–H groups in total. The third-order valence-electron chi connectivity index (χ3n) is 2.93. The van der Waals surface area contributed by atoms with Crippen molar-refractivity contribution in [2.45, 2.75) is 31.7 Å². The summed E-state index contributed by atoms with van der Waals surface area (Å²) < 4.78 is 28.0. The molecule has 0 bridgehead atoms. The average Bonchev–Trinajstić information content (AvgIpc) is 2.76. The lowest BCUT2D eigenvalue weighted by molar-refractivity contribution is 0.580. The molecule has 0 aromatic carbocycles. The predicted molar refractivity (Wildman–Crippen MR) is 84.4 cm³/mol. The van der Waals surface area contributed by atoms with Crippen LogP contribution in [0.5, 0.6) is 0 Å². The number of hydrogen-bond donors (Lipinski definition) is 1. The van der Waals surface area contributed by atoms with Gasteiger partial charge in [-0.1, -0.05) is 13.0 Å². The molecule has 0 aliphatic heterocycles. The summed E-state index contributed by atoms with van der Waals surface area (Å²) in [6.07, 6.45) is 2.50. The number of nitrogens with zero attached hydrogens (tertiary/aromatic N) is 1. The fourth-order valence-corrected chi connectivity index (χ4v) is 5.29. The van der Waals surface area contributed by atoms with Gasteiger partial charge < -0.3 is 0 Å². The third-order valence-corrected chi connectivity index (χ3v) is 6.14. The summed E-state index contributed by atoms with van der Waals surface area (Å²) in [7, 11) is -3.50. The fraction of sp³-hybridized carbons (Fsp3) is 0.308. The molecule has 7 heteroatoms. The molecule has 0 spiro atoms. The van der Waals surface area contributed by atoms with E-state index in [4.69, 9.17) is 0 Å². The standard InChI is InChI=1S/C13H15BrN2O2S2/c1-3-10-5-4-6-15-11(10)8-16-20(17,18)12-7-13(14)19-9(12)2/h4-7,16H,3,8H2,1-2H3. The molecule has 0 unspecified atom stereocenters. The minimum absolute atomic E-state index is 0.208. The van der Waals surface area contributed by atoms with Crippen LogP contribution in [-0.4, -0.2) is 13.4 Å². The van der Waals surface area contributed by atoms with Gasteiger partial charge in [-0.15, -0.1) is 11.3 Å². The Morgan fingerprint density at radius 1 is 1.45 bits per heavy atom. The van der Waals surface area contributed by atoms with Crippen molar-refractivity contribution in [2.75, 3.05) is 0 Å². The first-order chi connectivity index (χ1) is 9.44. The number of aryl methyl sites for hydroxylation is 2. The Bertz CT molecular complexity index is 711. The smallest absolute Gasteiger partial charge is 0.242 e. The Labute approximate surface area is 131 Å². The van der Waals surface area contributed by atoms with Crippen LogP contribution in [0.4, 0.5) is 0 Å². The van der Waals surface area contributed by atoms with Gasteiger partial charge in [-0.2, -0.15) is 0 Å². The summed E-state index contributed by atoms with van der Waals surface area (Å²) in [6, 6.07) is 5.45. The van der Waals surface area contributed by atoms with Crippen LogP contribution in [0.2, 0.25) is 0 Å². The number of thiophene rings is 1. The molecule has 2 rings (SSSR count). The van der Waals surface area contributed by atoms with E-state index in [-0.39, 0.29) is 6.54 Å². The van der Waals surface area contributed by atoms with Crippen LogP contribution in [-0.2, 0) is 23.0 Å². The van der Waals surface area contributed by atoms with Crippen molar-refractivity contribution in [3.05, 3.63) is 44.3 Å². The van der Waals surface area contributed by atoms with E-state index in [1.165, 1.54) is 11.3 Å². The van der Waals surface area contributed by atoms with Crippen molar-refractivity contribution in [1.82, 2.24) is 9.71 Å². The van der Waals surface area contributed by atoms with Crippen LogP contribution in [0.3, 0.4) is 0 Å². The maximum absolute atomic E-state index is 12.3. The molecule has 0 saturated carbocycles. The van der Waals surface area contributed by atoms with E-state index in [2.05, 4.69) is 25.6 Å². The number of rotatable bonds is 5. The van der Waals surface area contributed by atoms with Crippen molar-refractivity contribution in [3.8, 4) is 0 Å². The van der Waals surface area contributed by atoms with Crippen LogP contribution in [0, 0.1) is 6.92 Å². The maximum atomic E-state index is 12.3. The zero-order valence-corrected chi connectivity index (χ0v) is 14.4. The molecule has 0 amide bonds. The lowest BCUT2D eigenvalue weighted by Crippen LogP contribution is -2.24. The van der Waals surface area contributed by atoms with E-state index >= 15 is 0 Å². The molecular formula is C13H15BrN2O2S2. The van der Waals surface area contributed by atoms with E-state index in [0.29, 0.717) is 4.90 Å². The molecule has 2 aromatic heterocycles. The van der Waals surface area contributed by atoms with E-state index in [1.54, 1.807) is 19.2 Å². The molecule has 4 nitrogen and oxygen atoms in total. The van der Waals surface area contributed by atoms with Crippen molar-refractivity contribution in [3.63, 3.8) is 0 Å². The molecule has 20 heavy (non-hydrogen) atoms. The third kappa shape index (κ3) is 3.46. The van der Waals surface area contributed by atoms with Crippen molar-refractivity contribution < 1.29 is 8.42 Å². The normalized spacial score (nSPS) is 11.8. The number of sulfonamides is 1. The lowest BCUT2D eigenvalue weighted by Gasteiger charge is -2.08. The zero-order valence-electron chi connectivity index (χ0n) is 11.2. The van der Waals surface area contributed by atoms with Gasteiger partial charge in [0.05, 0.1) is 20.9 Å². The molecule has 2 aromatic rings. The minimum atomic E-state index is -3.50. The molecule has 0 atom stereocenters. The number of hydrogen-bond acceptors (Lipinski definition) is 4. The summed E-state index contributed by atoms with van der Waals surface area (Å²) in [4.78, 5) is 5.33. The Morgan fingerprint density at radius 2 is 2.20 bits per heavy atom. The Kier molecular flexibility index (Phi) is 4.95. The molecular weight excluding hydrogens is 360 g/mol. The van der Waals surface area contributed by atoms with Crippen LogP contribution in [0.1, 0.15) is 23.1 Å². The average molecular weight is 375 g/mol. The van der Waals surface area contributed by atoms with Crippen LogP contribution >= 0.6 is 27.3 Å². The zero-order chi connectivity index (χ0) is 14.8. The molecule has 0 aliphatic rings. The van der Waals surface area contributed by atoms with Crippen LogP contribution in [0.25, 0.3) is 0 Å². The van der Waals surface area contributed by atoms with Gasteiger partial charge >= 0.3 is 0 Å². The highest BCUT2D eigenvalue weighted by atomic mass is 79.9. The van der Waals surface area contributed by atoms with Crippen molar-refractivity contribution in [1.29, 1.82) is 0 Å². The summed E-state index contributed by atoms with van der Waals surface area (Å²) >= 11 is 4.72. The van der Waals surface area contributed by atoms with Crippen LogP contribution < -0.4 is 4.72 Å². The monoisotopic (exact) mass is 374 g/mol. The number of pyridine rings is 1. The molecule has 0 aliphatic carbocycles. The summed E-state index contributed by atoms with van der Waals surface area (Å²) in [5, 5.41) is 0. The largest absolute Gasteiger partial charge is 0.260 e. The molecule has 0 fully saturated rings. The summed E-state index contributed by atoms with van der Waals surface area (Å²) in [5.41, 5.74) is 1.82. The second kappa shape index (κ2) is 6.34. The van der Waals surface area contributed by atoms with Crippen molar-refractivity contribution in [2.24, 2.45) is 0 Å². The van der Waals surface area contributed by atoms with E-state index < -0.39 is 10.0 Å². The number of nitrogens with one attached hydrogen (secondary N) is 1. The number of halogens is 1. The Hall–Kier alpha value is -0.760. The van der Waals surface area contributed by atoms with E-state index in [1.807, 2.05) is 19.1 Å². The minimum Gasteiger partial charge on any atom is -0.260 e. The lowest BCUT2D eigenvalue weighted by atomic mass is 10.1. The molecule has 108 valence electrons. The van der Waals surface area contributed by atoms with Crippen molar-refractivity contribution >= 4 is 37.3 Å². The molecule has 0 saturated heterocycles. The highest BCUT2D eigenvalue weighted by molar-refractivity contribution is 9.11. The second-order valence-electron chi connectivity index (χ2n) is 4.26. The topological polar surface area (TPSA) is 59.1 Å². The van der Waals surface area contributed by atoms with Gasteiger partial charge in [-0.3, -0.25) is 4.98 Å². The van der Waals surface area contributed by atoms with Gasteiger partial charge in [0, 0.05) is 11.1 Å². The SMILES string of the molecule is CCc1cccnc1CNS(=O)(=O)c1cc(Br)sc1C. The Balaban J connectivity index is 2.20. The first-order valence-electron chi connectivity index (χ1n) is 6.12. The predicted octanol–water partition coefficient (Wildman–Crippen LogP) is 3.25. The van der Waals surface area contributed by atoms with Gasteiger partial charge in [-0.25, -0.2) is 13.1 Å². The van der Waals surface area contributed by atoms with Gasteiger partial charge in [-0.05, 0) is 47.0 Å². The van der Waals surface area contributed by atoms with Gasteiger partial charge in [0.15, 0.2) is 0 Å².